The minimum Gasteiger partial charge on any atom is -0.313 e. The first kappa shape index (κ1) is 9.98. The van der Waals surface area contributed by atoms with E-state index in [1.807, 2.05) is 6.92 Å². The molecule has 78 valence electrons. The number of hydrogen-bond acceptors (Lipinski definition) is 4. The number of H-pyrrole nitrogens is 1. The maximum absolute atomic E-state index is 4.26. The van der Waals surface area contributed by atoms with Crippen molar-refractivity contribution in [2.24, 2.45) is 0 Å². The molecule has 0 spiro atoms. The van der Waals surface area contributed by atoms with Gasteiger partial charge in [-0.15, -0.1) is 5.10 Å². The molecule has 14 heavy (non-hydrogen) atoms. The van der Waals surface area contributed by atoms with Gasteiger partial charge in [0.2, 0.25) is 5.16 Å². The summed E-state index contributed by atoms with van der Waals surface area (Å²) < 4.78 is 0. The van der Waals surface area contributed by atoms with Gasteiger partial charge in [-0.3, -0.25) is 5.10 Å². The minimum atomic E-state index is 0.646. The molecule has 2 rings (SSSR count). The Morgan fingerprint density at radius 1 is 1.50 bits per heavy atom. The minimum absolute atomic E-state index is 0.646. The number of aromatic amines is 1. The van der Waals surface area contributed by atoms with E-state index in [1.54, 1.807) is 11.8 Å². The van der Waals surface area contributed by atoms with Gasteiger partial charge in [-0.05, 0) is 26.3 Å². The monoisotopic (exact) mass is 212 g/mol. The smallest absolute Gasteiger partial charge is 0.208 e. The summed E-state index contributed by atoms with van der Waals surface area (Å²) in [5.74, 6) is 1.97. The predicted molar refractivity (Wildman–Crippen MR) is 57.5 cm³/mol. The molecule has 0 aliphatic carbocycles. The molecule has 0 saturated carbocycles. The van der Waals surface area contributed by atoms with Gasteiger partial charge in [0.05, 0.1) is 0 Å². The molecule has 1 saturated heterocycles. The molecule has 0 aromatic carbocycles. The highest BCUT2D eigenvalue weighted by atomic mass is 32.2. The summed E-state index contributed by atoms with van der Waals surface area (Å²) >= 11 is 1.73. The number of aryl methyl sites for hydroxylation is 1. The molecule has 1 aromatic heterocycles. The molecular weight excluding hydrogens is 196 g/mol. The molecule has 2 N–H and O–H groups in total. The predicted octanol–water partition coefficient (Wildman–Crippen LogP) is 1.35. The normalized spacial score (nSPS) is 22.5. The van der Waals surface area contributed by atoms with E-state index in [0.29, 0.717) is 6.04 Å². The summed E-state index contributed by atoms with van der Waals surface area (Å²) in [6.45, 7) is 3.09. The number of nitrogens with zero attached hydrogens (tertiary/aromatic N) is 2. The second kappa shape index (κ2) is 4.79. The largest absolute Gasteiger partial charge is 0.313 e. The Hall–Kier alpha value is -0.550. The summed E-state index contributed by atoms with van der Waals surface area (Å²) in [6, 6.07) is 0.646. The molecule has 0 amide bonds. The second-order valence-corrected chi connectivity index (χ2v) is 4.65. The maximum atomic E-state index is 4.26. The molecule has 4 nitrogen and oxygen atoms in total. The number of nitrogens with one attached hydrogen (secondary N) is 2. The van der Waals surface area contributed by atoms with E-state index in [4.69, 9.17) is 0 Å². The van der Waals surface area contributed by atoms with Crippen molar-refractivity contribution in [2.75, 3.05) is 12.3 Å². The number of piperidine rings is 1. The molecular formula is C9H16N4S. The van der Waals surface area contributed by atoms with Crippen LogP contribution < -0.4 is 5.32 Å². The summed E-state index contributed by atoms with van der Waals surface area (Å²) in [7, 11) is 0. The van der Waals surface area contributed by atoms with Crippen LogP contribution in [0.15, 0.2) is 5.16 Å². The molecule has 1 aliphatic rings. The zero-order valence-corrected chi connectivity index (χ0v) is 9.23. The van der Waals surface area contributed by atoms with Crippen molar-refractivity contribution in [3.8, 4) is 0 Å². The van der Waals surface area contributed by atoms with Crippen LogP contribution in [0.5, 0.6) is 0 Å². The first-order valence-corrected chi connectivity index (χ1v) is 6.08. The Kier molecular flexibility index (Phi) is 3.42. The van der Waals surface area contributed by atoms with Crippen molar-refractivity contribution < 1.29 is 0 Å². The van der Waals surface area contributed by atoms with Crippen LogP contribution in [0.4, 0.5) is 0 Å². The van der Waals surface area contributed by atoms with Gasteiger partial charge in [-0.2, -0.15) is 0 Å². The lowest BCUT2D eigenvalue weighted by atomic mass is 10.1. The number of thioether (sulfide) groups is 1. The Morgan fingerprint density at radius 2 is 2.43 bits per heavy atom. The van der Waals surface area contributed by atoms with E-state index in [9.17, 15) is 0 Å². The molecule has 1 atom stereocenters. The topological polar surface area (TPSA) is 53.6 Å². The Labute approximate surface area is 88.3 Å². The van der Waals surface area contributed by atoms with Gasteiger partial charge >= 0.3 is 0 Å². The third kappa shape index (κ3) is 2.72. The summed E-state index contributed by atoms with van der Waals surface area (Å²) in [4.78, 5) is 4.26. The highest BCUT2D eigenvalue weighted by molar-refractivity contribution is 7.99. The Morgan fingerprint density at radius 3 is 3.07 bits per heavy atom. The van der Waals surface area contributed by atoms with Gasteiger partial charge in [0, 0.05) is 11.8 Å². The van der Waals surface area contributed by atoms with Crippen LogP contribution in [0.25, 0.3) is 0 Å². The molecule has 1 unspecified atom stereocenters. The average Bonchev–Trinajstić information content (AvgIpc) is 2.63. The quantitative estimate of drug-likeness (QED) is 0.743. The van der Waals surface area contributed by atoms with Crippen molar-refractivity contribution in [1.29, 1.82) is 0 Å². The Bertz CT molecular complexity index is 280. The van der Waals surface area contributed by atoms with Gasteiger partial charge in [0.1, 0.15) is 5.82 Å². The van der Waals surface area contributed by atoms with Gasteiger partial charge in [-0.25, -0.2) is 4.98 Å². The first-order chi connectivity index (χ1) is 6.84. The van der Waals surface area contributed by atoms with E-state index in [-0.39, 0.29) is 0 Å². The van der Waals surface area contributed by atoms with Crippen LogP contribution in [-0.4, -0.2) is 33.5 Å². The fourth-order valence-corrected chi connectivity index (χ4v) is 2.57. The zero-order valence-electron chi connectivity index (χ0n) is 8.42. The fourth-order valence-electron chi connectivity index (χ4n) is 1.63. The summed E-state index contributed by atoms with van der Waals surface area (Å²) in [5, 5.41) is 11.3. The van der Waals surface area contributed by atoms with Crippen molar-refractivity contribution in [3.05, 3.63) is 5.82 Å². The van der Waals surface area contributed by atoms with Crippen LogP contribution >= 0.6 is 11.8 Å². The number of hydrogen-bond donors (Lipinski definition) is 2. The number of rotatable bonds is 3. The summed E-state index contributed by atoms with van der Waals surface area (Å²) in [5.41, 5.74) is 0. The SMILES string of the molecule is Cc1nc(SCC2CCCCN2)n[nH]1. The molecule has 5 heteroatoms. The Balaban J connectivity index is 1.76. The van der Waals surface area contributed by atoms with Gasteiger partial charge < -0.3 is 5.32 Å². The lowest BCUT2D eigenvalue weighted by Crippen LogP contribution is -2.35. The maximum Gasteiger partial charge on any atom is 0.208 e. The second-order valence-electron chi connectivity index (χ2n) is 3.66. The standard InChI is InChI=1S/C9H16N4S/c1-7-11-9(13-12-7)14-6-8-4-2-3-5-10-8/h8,10H,2-6H2,1H3,(H,11,12,13). The van der Waals surface area contributed by atoms with Crippen LogP contribution in [-0.2, 0) is 0 Å². The zero-order chi connectivity index (χ0) is 9.80. The van der Waals surface area contributed by atoms with E-state index in [2.05, 4.69) is 20.5 Å². The number of aromatic nitrogens is 3. The molecule has 1 aromatic rings. The highest BCUT2D eigenvalue weighted by Gasteiger charge is 2.13. The summed E-state index contributed by atoms with van der Waals surface area (Å²) in [6.07, 6.45) is 3.96. The third-order valence-corrected chi connectivity index (χ3v) is 3.41. The molecule has 1 fully saturated rings. The van der Waals surface area contributed by atoms with Gasteiger partial charge in [-0.1, -0.05) is 18.2 Å². The highest BCUT2D eigenvalue weighted by Crippen LogP contribution is 2.17. The molecule has 0 bridgehead atoms. The first-order valence-electron chi connectivity index (χ1n) is 5.10. The lowest BCUT2D eigenvalue weighted by molar-refractivity contribution is 0.429. The van der Waals surface area contributed by atoms with Gasteiger partial charge in [0.25, 0.3) is 0 Å². The van der Waals surface area contributed by atoms with Crippen LogP contribution in [0.2, 0.25) is 0 Å². The van der Waals surface area contributed by atoms with E-state index >= 15 is 0 Å². The molecule has 1 aliphatic heterocycles. The van der Waals surface area contributed by atoms with E-state index in [0.717, 1.165) is 23.3 Å². The van der Waals surface area contributed by atoms with Crippen LogP contribution in [0, 0.1) is 6.92 Å². The van der Waals surface area contributed by atoms with E-state index < -0.39 is 0 Å². The van der Waals surface area contributed by atoms with Gasteiger partial charge in [0.15, 0.2) is 0 Å². The fraction of sp³-hybridized carbons (Fsp3) is 0.778. The average molecular weight is 212 g/mol. The van der Waals surface area contributed by atoms with Crippen LogP contribution in [0.1, 0.15) is 25.1 Å². The van der Waals surface area contributed by atoms with Crippen molar-refractivity contribution in [1.82, 2.24) is 20.5 Å². The van der Waals surface area contributed by atoms with Crippen molar-refractivity contribution >= 4 is 11.8 Å². The van der Waals surface area contributed by atoms with E-state index in [1.165, 1.54) is 19.3 Å². The molecule has 2 heterocycles. The van der Waals surface area contributed by atoms with Crippen molar-refractivity contribution in [2.45, 2.75) is 37.4 Å². The molecule has 0 radical (unpaired) electrons. The third-order valence-electron chi connectivity index (χ3n) is 2.40. The van der Waals surface area contributed by atoms with Crippen LogP contribution in [0.3, 0.4) is 0 Å². The van der Waals surface area contributed by atoms with Crippen molar-refractivity contribution in [3.63, 3.8) is 0 Å². The lowest BCUT2D eigenvalue weighted by Gasteiger charge is -2.22.